The topological polar surface area (TPSA) is 25.8 Å². The smallest absolute Gasteiger partial charge is 0.172 e. The number of halogens is 5. The van der Waals surface area contributed by atoms with E-state index in [1.54, 1.807) is 0 Å². The van der Waals surface area contributed by atoms with Crippen molar-refractivity contribution in [3.63, 3.8) is 0 Å². The van der Waals surface area contributed by atoms with Crippen LogP contribution in [0.4, 0.5) is 0 Å². The summed E-state index contributed by atoms with van der Waals surface area (Å²) in [5.74, 6) is 0.509. The van der Waals surface area contributed by atoms with Crippen LogP contribution in [-0.4, -0.2) is 9.97 Å². The Morgan fingerprint density at radius 2 is 1.62 bits per heavy atom. The van der Waals surface area contributed by atoms with Gasteiger partial charge >= 0.3 is 0 Å². The molecule has 84 valence electrons. The van der Waals surface area contributed by atoms with Crippen molar-refractivity contribution < 1.29 is 0 Å². The summed E-state index contributed by atoms with van der Waals surface area (Å²) in [6, 6.07) is 1.91. The van der Waals surface area contributed by atoms with Crippen LogP contribution in [0.15, 0.2) is 18.8 Å². The molecule has 0 aliphatic carbocycles. The van der Waals surface area contributed by atoms with E-state index < -0.39 is 0 Å². The maximum atomic E-state index is 5.91. The summed E-state index contributed by atoms with van der Waals surface area (Å²) in [7, 11) is 0. The standard InChI is InChI=1S/C8HBr3Cl2N2S/c9-2-1-3(16-5(2)11)8-14-6(12)4(10)7(13)15-8/h1H. The molecule has 0 aliphatic heterocycles. The van der Waals surface area contributed by atoms with Crippen LogP contribution in [0.2, 0.25) is 10.3 Å². The SMILES string of the molecule is Clc1nc(-c2cc(Br)c(Br)s2)nc(Cl)c1Br. The summed E-state index contributed by atoms with van der Waals surface area (Å²) in [5.41, 5.74) is 0. The third-order valence-electron chi connectivity index (χ3n) is 1.64. The van der Waals surface area contributed by atoms with Gasteiger partial charge in [-0.3, -0.25) is 0 Å². The molecule has 0 amide bonds. The average Bonchev–Trinajstić information content (AvgIpc) is 2.55. The fourth-order valence-electron chi connectivity index (χ4n) is 0.961. The van der Waals surface area contributed by atoms with Crippen molar-refractivity contribution in [1.29, 1.82) is 0 Å². The van der Waals surface area contributed by atoms with Crippen LogP contribution in [0.5, 0.6) is 0 Å². The molecule has 16 heavy (non-hydrogen) atoms. The van der Waals surface area contributed by atoms with Gasteiger partial charge < -0.3 is 0 Å². The van der Waals surface area contributed by atoms with Gasteiger partial charge in [-0.2, -0.15) is 0 Å². The van der Waals surface area contributed by atoms with Gasteiger partial charge in [-0.05, 0) is 53.9 Å². The first-order chi connectivity index (χ1) is 7.49. The lowest BCUT2D eigenvalue weighted by molar-refractivity contribution is 1.17. The lowest BCUT2D eigenvalue weighted by Gasteiger charge is -2.00. The van der Waals surface area contributed by atoms with E-state index in [0.29, 0.717) is 20.6 Å². The van der Waals surface area contributed by atoms with Crippen molar-refractivity contribution in [2.75, 3.05) is 0 Å². The zero-order valence-electron chi connectivity index (χ0n) is 7.27. The van der Waals surface area contributed by atoms with E-state index in [-0.39, 0.29) is 0 Å². The fourth-order valence-corrected chi connectivity index (χ4v) is 3.50. The van der Waals surface area contributed by atoms with Gasteiger partial charge in [0.25, 0.3) is 0 Å². The van der Waals surface area contributed by atoms with E-state index in [1.807, 2.05) is 6.07 Å². The van der Waals surface area contributed by atoms with Gasteiger partial charge in [-0.25, -0.2) is 9.97 Å². The number of thiophene rings is 1. The van der Waals surface area contributed by atoms with E-state index in [2.05, 4.69) is 57.8 Å². The molecule has 0 bridgehead atoms. The molecule has 0 N–H and O–H groups in total. The summed E-state index contributed by atoms with van der Waals surface area (Å²) in [5, 5.41) is 0.603. The highest BCUT2D eigenvalue weighted by Crippen LogP contribution is 2.38. The molecule has 0 saturated heterocycles. The fraction of sp³-hybridized carbons (Fsp3) is 0. The zero-order valence-corrected chi connectivity index (χ0v) is 14.4. The van der Waals surface area contributed by atoms with Crippen molar-refractivity contribution in [2.24, 2.45) is 0 Å². The summed E-state index contributed by atoms with van der Waals surface area (Å²) >= 11 is 23.3. The summed E-state index contributed by atoms with van der Waals surface area (Å²) in [4.78, 5) is 9.18. The third kappa shape index (κ3) is 2.62. The predicted molar refractivity (Wildman–Crippen MR) is 78.5 cm³/mol. The first kappa shape index (κ1) is 13.2. The van der Waals surface area contributed by atoms with Crippen LogP contribution in [0.3, 0.4) is 0 Å². The van der Waals surface area contributed by atoms with Crippen LogP contribution < -0.4 is 0 Å². The second-order valence-electron chi connectivity index (χ2n) is 2.68. The molecule has 0 radical (unpaired) electrons. The molecule has 0 aromatic carbocycles. The molecule has 0 fully saturated rings. The molecule has 0 unspecified atom stereocenters. The molecule has 2 aromatic heterocycles. The van der Waals surface area contributed by atoms with Gasteiger partial charge in [0, 0.05) is 4.47 Å². The molecule has 0 saturated carbocycles. The monoisotopic (exact) mass is 464 g/mol. The first-order valence-corrected chi connectivity index (χ1v) is 7.78. The minimum atomic E-state index is 0.302. The Bertz CT molecular complexity index is 516. The van der Waals surface area contributed by atoms with E-state index in [9.17, 15) is 0 Å². The minimum absolute atomic E-state index is 0.302. The van der Waals surface area contributed by atoms with Crippen LogP contribution in [0.25, 0.3) is 10.7 Å². The Morgan fingerprint density at radius 3 is 2.06 bits per heavy atom. The van der Waals surface area contributed by atoms with Gasteiger partial charge in [-0.1, -0.05) is 23.2 Å². The molecular formula is C8HBr3Cl2N2S. The molecule has 2 aromatic rings. The molecule has 8 heteroatoms. The van der Waals surface area contributed by atoms with E-state index in [0.717, 1.165) is 13.1 Å². The van der Waals surface area contributed by atoms with Gasteiger partial charge in [0.2, 0.25) is 0 Å². The number of hydrogen-bond acceptors (Lipinski definition) is 3. The number of aromatic nitrogens is 2. The van der Waals surface area contributed by atoms with Crippen molar-refractivity contribution in [2.45, 2.75) is 0 Å². The highest BCUT2D eigenvalue weighted by molar-refractivity contribution is 9.13. The molecule has 0 atom stereocenters. The highest BCUT2D eigenvalue weighted by Gasteiger charge is 2.13. The van der Waals surface area contributed by atoms with E-state index >= 15 is 0 Å². The minimum Gasteiger partial charge on any atom is -0.214 e. The highest BCUT2D eigenvalue weighted by atomic mass is 79.9. The maximum absolute atomic E-state index is 5.91. The van der Waals surface area contributed by atoms with Gasteiger partial charge in [0.1, 0.15) is 10.3 Å². The molecule has 2 rings (SSSR count). The Hall–Kier alpha value is 0.800. The van der Waals surface area contributed by atoms with Crippen LogP contribution in [-0.2, 0) is 0 Å². The Balaban J connectivity index is 2.56. The van der Waals surface area contributed by atoms with Gasteiger partial charge in [-0.15, -0.1) is 11.3 Å². The molecular weight excluding hydrogens is 467 g/mol. The summed E-state index contributed by atoms with van der Waals surface area (Å²) in [6.07, 6.45) is 0. The Kier molecular flexibility index (Phi) is 4.30. The van der Waals surface area contributed by atoms with E-state index in [4.69, 9.17) is 23.2 Å². The largest absolute Gasteiger partial charge is 0.214 e. The third-order valence-corrected chi connectivity index (χ3v) is 6.64. The lowest BCUT2D eigenvalue weighted by atomic mass is 10.4. The van der Waals surface area contributed by atoms with E-state index in [1.165, 1.54) is 11.3 Å². The van der Waals surface area contributed by atoms with Crippen molar-refractivity contribution in [3.8, 4) is 10.7 Å². The Labute approximate surface area is 131 Å². The van der Waals surface area contributed by atoms with Crippen molar-refractivity contribution in [1.82, 2.24) is 9.97 Å². The molecule has 0 aliphatic rings. The van der Waals surface area contributed by atoms with Crippen LogP contribution in [0.1, 0.15) is 0 Å². The Morgan fingerprint density at radius 1 is 1.06 bits per heavy atom. The molecule has 0 spiro atoms. The zero-order chi connectivity index (χ0) is 11.9. The molecule has 2 heterocycles. The summed E-state index contributed by atoms with van der Waals surface area (Å²) < 4.78 is 2.43. The quantitative estimate of drug-likeness (QED) is 0.495. The second-order valence-corrected chi connectivity index (χ2v) is 7.41. The number of hydrogen-bond donors (Lipinski definition) is 0. The second kappa shape index (κ2) is 5.20. The number of nitrogens with zero attached hydrogens (tertiary/aromatic N) is 2. The number of rotatable bonds is 1. The first-order valence-electron chi connectivity index (χ1n) is 3.82. The predicted octanol–water partition coefficient (Wildman–Crippen LogP) is 5.80. The van der Waals surface area contributed by atoms with Crippen LogP contribution >= 0.6 is 82.3 Å². The average molecular weight is 468 g/mol. The van der Waals surface area contributed by atoms with Gasteiger partial charge in [0.15, 0.2) is 5.82 Å². The van der Waals surface area contributed by atoms with Crippen LogP contribution in [0, 0.1) is 0 Å². The normalized spacial score (nSPS) is 10.8. The van der Waals surface area contributed by atoms with Crippen molar-refractivity contribution >= 4 is 82.3 Å². The summed E-state index contributed by atoms with van der Waals surface area (Å²) in [6.45, 7) is 0. The lowest BCUT2D eigenvalue weighted by Crippen LogP contribution is -1.89. The van der Waals surface area contributed by atoms with Crippen molar-refractivity contribution in [3.05, 3.63) is 29.1 Å². The maximum Gasteiger partial charge on any atom is 0.172 e. The molecule has 2 nitrogen and oxygen atoms in total. The van der Waals surface area contributed by atoms with Gasteiger partial charge in [0.05, 0.1) is 13.1 Å².